The lowest BCUT2D eigenvalue weighted by molar-refractivity contribution is -0.119. The predicted molar refractivity (Wildman–Crippen MR) is 59.9 cm³/mol. The van der Waals surface area contributed by atoms with Crippen molar-refractivity contribution in [2.24, 2.45) is 0 Å². The molecule has 0 aliphatic carbocycles. The van der Waals surface area contributed by atoms with Gasteiger partial charge in [-0.25, -0.2) is 9.97 Å². The van der Waals surface area contributed by atoms with Crippen LogP contribution in [0.1, 0.15) is 50.3 Å². The van der Waals surface area contributed by atoms with E-state index in [-0.39, 0.29) is 11.7 Å². The third-order valence-corrected chi connectivity index (χ3v) is 2.55. The highest BCUT2D eigenvalue weighted by atomic mass is 16.1. The van der Waals surface area contributed by atoms with E-state index in [0.29, 0.717) is 6.42 Å². The van der Waals surface area contributed by atoms with Gasteiger partial charge in [-0.1, -0.05) is 13.8 Å². The normalized spacial score (nSPS) is 12.5. The highest BCUT2D eigenvalue weighted by Crippen LogP contribution is 2.16. The highest BCUT2D eigenvalue weighted by molar-refractivity contribution is 5.84. The van der Waals surface area contributed by atoms with Crippen LogP contribution < -0.4 is 0 Å². The molecule has 0 aromatic carbocycles. The molecule has 1 aromatic rings. The summed E-state index contributed by atoms with van der Waals surface area (Å²) >= 11 is 0. The lowest BCUT2D eigenvalue weighted by atomic mass is 9.99. The van der Waals surface area contributed by atoms with Gasteiger partial charge in [-0.2, -0.15) is 0 Å². The van der Waals surface area contributed by atoms with Crippen molar-refractivity contribution in [3.8, 4) is 0 Å². The van der Waals surface area contributed by atoms with Crippen LogP contribution in [0.3, 0.4) is 0 Å². The molecule has 0 radical (unpaired) electrons. The summed E-state index contributed by atoms with van der Waals surface area (Å²) in [6, 6.07) is 1.94. The molecule has 3 nitrogen and oxygen atoms in total. The number of rotatable bonds is 4. The maximum Gasteiger partial charge on any atom is 0.141 e. The first kappa shape index (κ1) is 11.8. The van der Waals surface area contributed by atoms with Gasteiger partial charge in [0.25, 0.3) is 0 Å². The zero-order chi connectivity index (χ0) is 11.4. The minimum Gasteiger partial charge on any atom is -0.299 e. The van der Waals surface area contributed by atoms with Crippen LogP contribution in [0.5, 0.6) is 0 Å². The molecule has 0 spiro atoms. The van der Waals surface area contributed by atoms with Crippen molar-refractivity contribution in [3.05, 3.63) is 23.3 Å². The van der Waals surface area contributed by atoms with Gasteiger partial charge in [0.1, 0.15) is 11.6 Å². The Morgan fingerprint density at radius 3 is 2.60 bits per heavy atom. The molecule has 3 heteroatoms. The van der Waals surface area contributed by atoms with Gasteiger partial charge in [0.05, 0.1) is 11.6 Å². The largest absolute Gasteiger partial charge is 0.299 e. The average molecular weight is 206 g/mol. The SMILES string of the molecule is CCC(=O)C(C)c1cc(CC)nc(C)n1. The summed E-state index contributed by atoms with van der Waals surface area (Å²) in [5, 5.41) is 0. The van der Waals surface area contributed by atoms with E-state index in [0.717, 1.165) is 23.6 Å². The molecule has 0 fully saturated rings. The first-order valence-electron chi connectivity index (χ1n) is 5.45. The van der Waals surface area contributed by atoms with Crippen molar-refractivity contribution < 1.29 is 4.79 Å². The number of carbonyl (C=O) groups excluding carboxylic acids is 1. The third-order valence-electron chi connectivity index (χ3n) is 2.55. The Kier molecular flexibility index (Phi) is 3.95. The monoisotopic (exact) mass is 206 g/mol. The van der Waals surface area contributed by atoms with Crippen molar-refractivity contribution >= 4 is 5.78 Å². The smallest absolute Gasteiger partial charge is 0.141 e. The minimum atomic E-state index is -0.109. The van der Waals surface area contributed by atoms with Crippen molar-refractivity contribution in [2.45, 2.75) is 46.5 Å². The van der Waals surface area contributed by atoms with Crippen LogP contribution in [-0.4, -0.2) is 15.8 Å². The van der Waals surface area contributed by atoms with E-state index in [4.69, 9.17) is 0 Å². The van der Waals surface area contributed by atoms with Gasteiger partial charge in [-0.05, 0) is 26.3 Å². The zero-order valence-electron chi connectivity index (χ0n) is 9.87. The molecular weight excluding hydrogens is 188 g/mol. The number of ketones is 1. The summed E-state index contributed by atoms with van der Waals surface area (Å²) in [5.74, 6) is 0.872. The molecule has 1 atom stereocenters. The van der Waals surface area contributed by atoms with E-state index in [1.54, 1.807) is 0 Å². The zero-order valence-corrected chi connectivity index (χ0v) is 9.87. The number of hydrogen-bond acceptors (Lipinski definition) is 3. The average Bonchev–Trinajstić information content (AvgIpc) is 2.26. The second-order valence-corrected chi connectivity index (χ2v) is 3.73. The Morgan fingerprint density at radius 1 is 1.40 bits per heavy atom. The molecule has 15 heavy (non-hydrogen) atoms. The van der Waals surface area contributed by atoms with Gasteiger partial charge in [-0.3, -0.25) is 4.79 Å². The molecule has 1 rings (SSSR count). The second kappa shape index (κ2) is 5.01. The maximum atomic E-state index is 11.6. The highest BCUT2D eigenvalue weighted by Gasteiger charge is 2.15. The fourth-order valence-corrected chi connectivity index (χ4v) is 1.53. The standard InChI is InChI=1S/C12H18N2O/c1-5-10-7-11(14-9(4)13-10)8(3)12(15)6-2/h7-8H,5-6H2,1-4H3. The molecular formula is C12H18N2O. The van der Waals surface area contributed by atoms with E-state index in [9.17, 15) is 4.79 Å². The number of nitrogens with zero attached hydrogens (tertiary/aromatic N) is 2. The molecule has 0 bridgehead atoms. The quantitative estimate of drug-likeness (QED) is 0.759. The first-order valence-corrected chi connectivity index (χ1v) is 5.45. The third kappa shape index (κ3) is 2.85. The fraction of sp³-hybridized carbons (Fsp3) is 0.583. The summed E-state index contributed by atoms with van der Waals surface area (Å²) < 4.78 is 0. The fourth-order valence-electron chi connectivity index (χ4n) is 1.53. The maximum absolute atomic E-state index is 11.6. The summed E-state index contributed by atoms with van der Waals surface area (Å²) in [7, 11) is 0. The number of carbonyl (C=O) groups is 1. The molecule has 0 aliphatic rings. The number of hydrogen-bond donors (Lipinski definition) is 0. The van der Waals surface area contributed by atoms with Gasteiger partial charge in [-0.15, -0.1) is 0 Å². The Balaban J connectivity index is 3.03. The van der Waals surface area contributed by atoms with Gasteiger partial charge in [0, 0.05) is 12.1 Å². The van der Waals surface area contributed by atoms with Gasteiger partial charge in [0.2, 0.25) is 0 Å². The van der Waals surface area contributed by atoms with Gasteiger partial charge < -0.3 is 0 Å². The molecule has 1 unspecified atom stereocenters. The van der Waals surface area contributed by atoms with Crippen LogP contribution in [0.25, 0.3) is 0 Å². The van der Waals surface area contributed by atoms with E-state index in [2.05, 4.69) is 16.9 Å². The number of aryl methyl sites for hydroxylation is 2. The Hall–Kier alpha value is -1.25. The van der Waals surface area contributed by atoms with Crippen molar-refractivity contribution in [1.29, 1.82) is 0 Å². The summed E-state index contributed by atoms with van der Waals surface area (Å²) in [6.07, 6.45) is 1.44. The van der Waals surface area contributed by atoms with E-state index in [1.165, 1.54) is 0 Å². The topological polar surface area (TPSA) is 42.9 Å². The van der Waals surface area contributed by atoms with Crippen LogP contribution in [0.4, 0.5) is 0 Å². The van der Waals surface area contributed by atoms with Crippen LogP contribution in [0.2, 0.25) is 0 Å². The van der Waals surface area contributed by atoms with Crippen LogP contribution >= 0.6 is 0 Å². The minimum absolute atomic E-state index is 0.109. The van der Waals surface area contributed by atoms with Crippen molar-refractivity contribution in [1.82, 2.24) is 9.97 Å². The first-order chi connectivity index (χ1) is 7.08. The van der Waals surface area contributed by atoms with Crippen LogP contribution in [-0.2, 0) is 11.2 Å². The van der Waals surface area contributed by atoms with Gasteiger partial charge >= 0.3 is 0 Å². The Morgan fingerprint density at radius 2 is 2.07 bits per heavy atom. The number of aromatic nitrogens is 2. The van der Waals surface area contributed by atoms with Crippen molar-refractivity contribution in [2.75, 3.05) is 0 Å². The lowest BCUT2D eigenvalue weighted by Crippen LogP contribution is -2.11. The summed E-state index contributed by atoms with van der Waals surface area (Å²) in [4.78, 5) is 20.2. The summed E-state index contributed by atoms with van der Waals surface area (Å²) in [6.45, 7) is 7.71. The van der Waals surface area contributed by atoms with Crippen LogP contribution in [0, 0.1) is 6.92 Å². The van der Waals surface area contributed by atoms with Crippen molar-refractivity contribution in [3.63, 3.8) is 0 Å². The summed E-state index contributed by atoms with van der Waals surface area (Å²) in [5.41, 5.74) is 1.86. The second-order valence-electron chi connectivity index (χ2n) is 3.73. The molecule has 0 aliphatic heterocycles. The molecule has 82 valence electrons. The van der Waals surface area contributed by atoms with E-state index >= 15 is 0 Å². The molecule has 0 amide bonds. The molecule has 0 saturated heterocycles. The van der Waals surface area contributed by atoms with E-state index < -0.39 is 0 Å². The lowest BCUT2D eigenvalue weighted by Gasteiger charge is -2.10. The Bertz CT molecular complexity index is 361. The molecule has 0 saturated carbocycles. The molecule has 0 N–H and O–H groups in total. The van der Waals surface area contributed by atoms with Gasteiger partial charge in [0.15, 0.2) is 0 Å². The van der Waals surface area contributed by atoms with E-state index in [1.807, 2.05) is 26.8 Å². The molecule has 1 aromatic heterocycles. The predicted octanol–water partition coefficient (Wildman–Crippen LogP) is 2.43. The Labute approximate surface area is 91.0 Å². The van der Waals surface area contributed by atoms with Crippen LogP contribution in [0.15, 0.2) is 6.07 Å². The molecule has 1 heterocycles. The number of Topliss-reactive ketones (excluding diaryl/α,β-unsaturated/α-hetero) is 1.